The first-order valence-electron chi connectivity index (χ1n) is 6.73. The van der Waals surface area contributed by atoms with E-state index in [1.165, 1.54) is 0 Å². The molecule has 1 aliphatic heterocycles. The van der Waals surface area contributed by atoms with E-state index < -0.39 is 10.0 Å². The zero-order valence-electron chi connectivity index (χ0n) is 11.7. The number of rotatable bonds is 4. The van der Waals surface area contributed by atoms with Crippen molar-refractivity contribution >= 4 is 27.2 Å². The number of hydrogen-bond acceptors (Lipinski definition) is 3. The lowest BCUT2D eigenvalue weighted by Crippen LogP contribution is -2.31. The maximum atomic E-state index is 12.7. The Morgan fingerprint density at radius 2 is 2.05 bits per heavy atom. The fourth-order valence-corrected chi connectivity index (χ4v) is 4.51. The van der Waals surface area contributed by atoms with Gasteiger partial charge in [0, 0.05) is 18.7 Å². The third kappa shape index (κ3) is 2.87. The van der Waals surface area contributed by atoms with Gasteiger partial charge in [0.1, 0.15) is 4.99 Å². The largest absolute Gasteiger partial charge is 0.389 e. The van der Waals surface area contributed by atoms with E-state index in [9.17, 15) is 8.42 Å². The van der Waals surface area contributed by atoms with Gasteiger partial charge in [-0.1, -0.05) is 44.3 Å². The molecule has 4 nitrogen and oxygen atoms in total. The number of sulfonamides is 1. The summed E-state index contributed by atoms with van der Waals surface area (Å²) in [5, 5.41) is 0. The Bertz CT molecular complexity index is 611. The van der Waals surface area contributed by atoms with Crippen LogP contribution in [0.3, 0.4) is 0 Å². The smallest absolute Gasteiger partial charge is 0.243 e. The first-order chi connectivity index (χ1) is 9.34. The Balaban J connectivity index is 2.35. The third-order valence-electron chi connectivity index (χ3n) is 3.90. The zero-order valence-corrected chi connectivity index (χ0v) is 13.4. The zero-order chi connectivity index (χ0) is 14.9. The van der Waals surface area contributed by atoms with Crippen LogP contribution in [0.15, 0.2) is 29.2 Å². The van der Waals surface area contributed by atoms with E-state index in [2.05, 4.69) is 13.8 Å². The highest BCUT2D eigenvalue weighted by molar-refractivity contribution is 7.89. The summed E-state index contributed by atoms with van der Waals surface area (Å²) in [7, 11) is -3.51. The molecule has 1 aromatic carbocycles. The van der Waals surface area contributed by atoms with Gasteiger partial charge >= 0.3 is 0 Å². The van der Waals surface area contributed by atoms with Crippen LogP contribution in [0.5, 0.6) is 0 Å². The van der Waals surface area contributed by atoms with Crippen LogP contribution in [-0.4, -0.2) is 30.8 Å². The molecule has 2 rings (SSSR count). The molecule has 1 unspecified atom stereocenters. The Kier molecular flexibility index (Phi) is 4.46. The topological polar surface area (TPSA) is 63.4 Å². The van der Waals surface area contributed by atoms with Crippen molar-refractivity contribution in [2.24, 2.45) is 17.6 Å². The van der Waals surface area contributed by atoms with Crippen molar-refractivity contribution in [2.75, 3.05) is 13.1 Å². The van der Waals surface area contributed by atoms with Crippen molar-refractivity contribution in [1.82, 2.24) is 4.31 Å². The molecule has 2 N–H and O–H groups in total. The van der Waals surface area contributed by atoms with Gasteiger partial charge in [-0.25, -0.2) is 8.42 Å². The molecule has 110 valence electrons. The van der Waals surface area contributed by atoms with Crippen LogP contribution < -0.4 is 5.73 Å². The van der Waals surface area contributed by atoms with Crippen molar-refractivity contribution in [3.63, 3.8) is 0 Å². The molecule has 1 aliphatic rings. The number of thiocarbonyl (C=S) groups is 1. The molecule has 0 bridgehead atoms. The molecule has 0 spiro atoms. The van der Waals surface area contributed by atoms with Gasteiger partial charge in [0.05, 0.1) is 4.90 Å². The highest BCUT2D eigenvalue weighted by Crippen LogP contribution is 2.29. The first kappa shape index (κ1) is 15.4. The summed E-state index contributed by atoms with van der Waals surface area (Å²) in [6, 6.07) is 6.68. The summed E-state index contributed by atoms with van der Waals surface area (Å²) in [6.07, 6.45) is 0.909. The molecule has 20 heavy (non-hydrogen) atoms. The molecule has 0 amide bonds. The number of benzene rings is 1. The molecule has 1 atom stereocenters. The van der Waals surface area contributed by atoms with E-state index in [4.69, 9.17) is 18.0 Å². The molecule has 0 saturated carbocycles. The normalized spacial score (nSPS) is 20.4. The minimum atomic E-state index is -3.51. The summed E-state index contributed by atoms with van der Waals surface area (Å²) in [6.45, 7) is 5.40. The van der Waals surface area contributed by atoms with Gasteiger partial charge in [0.25, 0.3) is 0 Å². The van der Waals surface area contributed by atoms with Crippen molar-refractivity contribution in [1.29, 1.82) is 0 Å². The summed E-state index contributed by atoms with van der Waals surface area (Å²) in [4.78, 5) is 0.334. The monoisotopic (exact) mass is 312 g/mol. The summed E-state index contributed by atoms with van der Waals surface area (Å²) < 4.78 is 27.0. The number of nitrogens with zero attached hydrogens (tertiary/aromatic N) is 1. The van der Waals surface area contributed by atoms with E-state index in [0.29, 0.717) is 30.5 Å². The Labute approximate surface area is 126 Å². The predicted octanol–water partition coefficient (Wildman–Crippen LogP) is 1.99. The molecule has 0 aliphatic carbocycles. The molecule has 1 fully saturated rings. The lowest BCUT2D eigenvalue weighted by Gasteiger charge is -2.19. The summed E-state index contributed by atoms with van der Waals surface area (Å²) >= 11 is 4.95. The van der Waals surface area contributed by atoms with Gasteiger partial charge < -0.3 is 5.73 Å². The second kappa shape index (κ2) is 5.79. The van der Waals surface area contributed by atoms with Crippen LogP contribution in [0, 0.1) is 11.8 Å². The third-order valence-corrected chi connectivity index (χ3v) is 6.04. The van der Waals surface area contributed by atoms with E-state index in [1.807, 2.05) is 0 Å². The van der Waals surface area contributed by atoms with E-state index >= 15 is 0 Å². The number of nitrogens with two attached hydrogens (primary N) is 1. The van der Waals surface area contributed by atoms with Gasteiger partial charge in [-0.2, -0.15) is 4.31 Å². The lowest BCUT2D eigenvalue weighted by atomic mass is 9.96. The second-order valence-electron chi connectivity index (χ2n) is 5.52. The number of hydrogen-bond donors (Lipinski definition) is 1. The predicted molar refractivity (Wildman–Crippen MR) is 84.0 cm³/mol. The Morgan fingerprint density at radius 3 is 2.60 bits per heavy atom. The Morgan fingerprint density at radius 1 is 1.40 bits per heavy atom. The highest BCUT2D eigenvalue weighted by atomic mass is 32.2. The Hall–Kier alpha value is -0.980. The van der Waals surface area contributed by atoms with Crippen LogP contribution >= 0.6 is 12.2 Å². The maximum absolute atomic E-state index is 12.7. The van der Waals surface area contributed by atoms with Gasteiger partial charge in [-0.3, -0.25) is 0 Å². The van der Waals surface area contributed by atoms with Crippen LogP contribution in [-0.2, 0) is 10.0 Å². The van der Waals surface area contributed by atoms with Crippen molar-refractivity contribution in [2.45, 2.75) is 25.2 Å². The van der Waals surface area contributed by atoms with Crippen molar-refractivity contribution < 1.29 is 8.42 Å². The minimum absolute atomic E-state index is 0.115. The first-order valence-corrected chi connectivity index (χ1v) is 8.58. The fraction of sp³-hybridized carbons (Fsp3) is 0.500. The molecule has 6 heteroatoms. The molecule has 0 radical (unpaired) electrons. The van der Waals surface area contributed by atoms with Crippen molar-refractivity contribution in [3.8, 4) is 0 Å². The van der Waals surface area contributed by atoms with Crippen LogP contribution in [0.1, 0.15) is 25.8 Å². The lowest BCUT2D eigenvalue weighted by molar-refractivity contribution is 0.388. The van der Waals surface area contributed by atoms with E-state index in [-0.39, 0.29) is 9.88 Å². The molecule has 1 saturated heterocycles. The molecular formula is C14H20N2O2S2. The average Bonchev–Trinajstić information content (AvgIpc) is 2.89. The molecule has 0 aromatic heterocycles. The maximum Gasteiger partial charge on any atom is 0.243 e. The average molecular weight is 312 g/mol. The van der Waals surface area contributed by atoms with Gasteiger partial charge in [-0.05, 0) is 24.3 Å². The standard InChI is InChI=1S/C14H20N2O2S2/c1-10(2)11-7-8-16(9-11)20(17,18)13-6-4-3-5-12(13)14(15)19/h3-6,10-11H,7-9H2,1-2H3,(H2,15,19). The molecule has 1 aromatic rings. The summed E-state index contributed by atoms with van der Waals surface area (Å²) in [5.74, 6) is 0.905. The van der Waals surface area contributed by atoms with Gasteiger partial charge in [-0.15, -0.1) is 0 Å². The summed E-state index contributed by atoms with van der Waals surface area (Å²) in [5.41, 5.74) is 6.06. The second-order valence-corrected chi connectivity index (χ2v) is 7.86. The van der Waals surface area contributed by atoms with E-state index in [0.717, 1.165) is 6.42 Å². The van der Waals surface area contributed by atoms with Crippen LogP contribution in [0.2, 0.25) is 0 Å². The van der Waals surface area contributed by atoms with Crippen LogP contribution in [0.4, 0.5) is 0 Å². The van der Waals surface area contributed by atoms with Gasteiger partial charge in [0.2, 0.25) is 10.0 Å². The highest BCUT2D eigenvalue weighted by Gasteiger charge is 2.34. The van der Waals surface area contributed by atoms with Crippen LogP contribution in [0.25, 0.3) is 0 Å². The fourth-order valence-electron chi connectivity index (χ4n) is 2.55. The van der Waals surface area contributed by atoms with Crippen molar-refractivity contribution in [3.05, 3.63) is 29.8 Å². The molecule has 1 heterocycles. The minimum Gasteiger partial charge on any atom is -0.389 e. The van der Waals surface area contributed by atoms with E-state index in [1.54, 1.807) is 28.6 Å². The van der Waals surface area contributed by atoms with Gasteiger partial charge in [0.15, 0.2) is 0 Å². The quantitative estimate of drug-likeness (QED) is 0.864. The SMILES string of the molecule is CC(C)C1CCN(S(=O)(=O)c2ccccc2C(N)=S)C1. The molecular weight excluding hydrogens is 292 g/mol.